The second-order valence-electron chi connectivity index (χ2n) is 5.34. The molecular weight excluding hydrogens is 408 g/mol. The number of nitro groups is 1. The summed E-state index contributed by atoms with van der Waals surface area (Å²) in [7, 11) is 0. The van der Waals surface area contributed by atoms with Crippen molar-refractivity contribution >= 4 is 44.2 Å². The summed E-state index contributed by atoms with van der Waals surface area (Å²) < 4.78 is 11.1. The molecule has 0 aliphatic heterocycles. The summed E-state index contributed by atoms with van der Waals surface area (Å²) in [6, 6.07) is 9.84. The van der Waals surface area contributed by atoms with E-state index in [1.54, 1.807) is 18.2 Å². The van der Waals surface area contributed by atoms with Crippen molar-refractivity contribution in [3.8, 4) is 0 Å². The number of anilines is 1. The minimum atomic E-state index is -0.754. The van der Waals surface area contributed by atoms with Crippen molar-refractivity contribution in [1.29, 1.82) is 0 Å². The lowest BCUT2D eigenvalue weighted by Crippen LogP contribution is -2.10. The lowest BCUT2D eigenvalue weighted by Gasteiger charge is -2.09. The molecule has 3 aromatic rings. The highest BCUT2D eigenvalue weighted by atomic mass is 79.9. The molecular formula is C17H11BrN2O6. The average molecular weight is 419 g/mol. The van der Waals surface area contributed by atoms with Crippen molar-refractivity contribution in [2.45, 2.75) is 6.61 Å². The summed E-state index contributed by atoms with van der Waals surface area (Å²) >= 11 is 3.29. The van der Waals surface area contributed by atoms with Crippen LogP contribution in [0.25, 0.3) is 11.0 Å². The van der Waals surface area contributed by atoms with Gasteiger partial charge in [-0.3, -0.25) is 10.1 Å². The first-order valence-corrected chi connectivity index (χ1v) is 8.08. The van der Waals surface area contributed by atoms with E-state index in [9.17, 15) is 19.7 Å². The van der Waals surface area contributed by atoms with Crippen LogP contribution in [0, 0.1) is 10.1 Å². The summed E-state index contributed by atoms with van der Waals surface area (Å²) in [4.78, 5) is 34.0. The maximum atomic E-state index is 12.2. The largest absolute Gasteiger partial charge is 0.457 e. The highest BCUT2D eigenvalue weighted by molar-refractivity contribution is 9.10. The van der Waals surface area contributed by atoms with Gasteiger partial charge in [0, 0.05) is 33.6 Å². The van der Waals surface area contributed by atoms with E-state index in [1.165, 1.54) is 12.1 Å². The zero-order valence-electron chi connectivity index (χ0n) is 13.1. The molecule has 0 unspecified atom stereocenters. The van der Waals surface area contributed by atoms with Crippen molar-refractivity contribution in [2.75, 3.05) is 5.73 Å². The number of esters is 1. The molecule has 26 heavy (non-hydrogen) atoms. The Bertz CT molecular complexity index is 1090. The molecule has 132 valence electrons. The molecule has 0 aliphatic rings. The van der Waals surface area contributed by atoms with Gasteiger partial charge in [0.2, 0.25) is 0 Å². The molecule has 9 heteroatoms. The summed E-state index contributed by atoms with van der Waals surface area (Å²) in [5.74, 6) is -0.754. The van der Waals surface area contributed by atoms with Crippen LogP contribution in [-0.4, -0.2) is 10.9 Å². The van der Waals surface area contributed by atoms with Gasteiger partial charge in [-0.15, -0.1) is 0 Å². The number of nitrogens with two attached hydrogens (primary N) is 1. The molecule has 3 rings (SSSR count). The van der Waals surface area contributed by atoms with Crippen LogP contribution in [0.15, 0.2) is 56.1 Å². The lowest BCUT2D eigenvalue weighted by atomic mass is 10.1. The number of benzene rings is 2. The molecule has 2 N–H and O–H groups in total. The number of halogens is 1. The van der Waals surface area contributed by atoms with Crippen LogP contribution < -0.4 is 11.4 Å². The van der Waals surface area contributed by atoms with E-state index in [0.717, 1.165) is 16.6 Å². The van der Waals surface area contributed by atoms with Gasteiger partial charge in [0.05, 0.1) is 16.2 Å². The van der Waals surface area contributed by atoms with Gasteiger partial charge >= 0.3 is 11.6 Å². The van der Waals surface area contributed by atoms with Crippen molar-refractivity contribution in [3.05, 3.63) is 78.6 Å². The van der Waals surface area contributed by atoms with E-state index in [0.29, 0.717) is 16.5 Å². The number of non-ortho nitro benzene ring substituents is 1. The van der Waals surface area contributed by atoms with Gasteiger partial charge in [-0.25, -0.2) is 9.59 Å². The zero-order valence-corrected chi connectivity index (χ0v) is 14.7. The summed E-state index contributed by atoms with van der Waals surface area (Å²) in [6.45, 7) is -0.182. The van der Waals surface area contributed by atoms with E-state index < -0.39 is 16.5 Å². The molecule has 0 radical (unpaired) electrons. The number of carbonyl (C=O) groups is 1. The van der Waals surface area contributed by atoms with Crippen molar-refractivity contribution < 1.29 is 18.9 Å². The Hall–Kier alpha value is -3.20. The van der Waals surface area contributed by atoms with Crippen LogP contribution in [-0.2, 0) is 11.3 Å². The molecule has 8 nitrogen and oxygen atoms in total. The molecule has 0 saturated carbocycles. The smallest absolute Gasteiger partial charge is 0.340 e. The first kappa shape index (κ1) is 17.6. The van der Waals surface area contributed by atoms with Gasteiger partial charge < -0.3 is 14.9 Å². The third-order valence-corrected chi connectivity index (χ3v) is 4.11. The fourth-order valence-corrected chi connectivity index (χ4v) is 2.73. The van der Waals surface area contributed by atoms with E-state index >= 15 is 0 Å². The average Bonchev–Trinajstić information content (AvgIpc) is 2.58. The Balaban J connectivity index is 1.85. The molecule has 1 heterocycles. The normalized spacial score (nSPS) is 10.7. The number of fused-ring (bicyclic) bond motifs is 1. The topological polar surface area (TPSA) is 126 Å². The summed E-state index contributed by atoms with van der Waals surface area (Å²) in [5.41, 5.74) is 5.65. The molecule has 0 aliphatic carbocycles. The van der Waals surface area contributed by atoms with Crippen molar-refractivity contribution in [2.24, 2.45) is 0 Å². The first-order valence-electron chi connectivity index (χ1n) is 7.28. The quantitative estimate of drug-likeness (QED) is 0.226. The van der Waals surface area contributed by atoms with E-state index in [4.69, 9.17) is 14.9 Å². The first-order chi connectivity index (χ1) is 12.3. The molecule has 0 amide bonds. The molecule has 0 saturated heterocycles. The van der Waals surface area contributed by atoms with Crippen molar-refractivity contribution in [1.82, 2.24) is 0 Å². The Morgan fingerprint density at radius 3 is 2.69 bits per heavy atom. The predicted octanol–water partition coefficient (Wildman–Crippen LogP) is 3.40. The van der Waals surface area contributed by atoms with Crippen LogP contribution in [0.3, 0.4) is 0 Å². The van der Waals surface area contributed by atoms with E-state index in [-0.39, 0.29) is 23.5 Å². The van der Waals surface area contributed by atoms with E-state index in [2.05, 4.69) is 15.9 Å². The van der Waals surface area contributed by atoms with E-state index in [1.807, 2.05) is 0 Å². The van der Waals surface area contributed by atoms with Crippen LogP contribution in [0.2, 0.25) is 0 Å². The summed E-state index contributed by atoms with van der Waals surface area (Å²) in [6.07, 6.45) is 0. The molecule has 0 spiro atoms. The van der Waals surface area contributed by atoms with Crippen molar-refractivity contribution in [3.63, 3.8) is 0 Å². The van der Waals surface area contributed by atoms with Gasteiger partial charge in [0.1, 0.15) is 12.2 Å². The Morgan fingerprint density at radius 2 is 2.00 bits per heavy atom. The molecule has 1 aromatic heterocycles. The zero-order chi connectivity index (χ0) is 18.8. The Labute approximate surface area is 154 Å². The van der Waals surface area contributed by atoms with Crippen LogP contribution in [0.4, 0.5) is 11.4 Å². The SMILES string of the molecule is Nc1cc([N+](=O)[O-])ccc1C(=O)OCc1cc(=O)oc2cc(Br)ccc12. The minimum Gasteiger partial charge on any atom is -0.457 e. The second kappa shape index (κ2) is 6.96. The fraction of sp³-hybridized carbons (Fsp3) is 0.0588. The standard InChI is InChI=1S/C17H11BrN2O6/c18-10-1-3-12-9(5-16(21)26-15(12)6-10)8-25-17(22)13-4-2-11(20(23)24)7-14(13)19/h1-7H,8,19H2. The Morgan fingerprint density at radius 1 is 1.23 bits per heavy atom. The minimum absolute atomic E-state index is 0.00520. The number of nitrogens with zero attached hydrogens (tertiary/aromatic N) is 1. The number of nitrogen functional groups attached to an aromatic ring is 1. The molecule has 0 fully saturated rings. The molecule has 2 aromatic carbocycles. The number of hydrogen-bond acceptors (Lipinski definition) is 7. The van der Waals surface area contributed by atoms with Crippen LogP contribution in [0.5, 0.6) is 0 Å². The number of ether oxygens (including phenoxy) is 1. The highest BCUT2D eigenvalue weighted by Gasteiger charge is 2.16. The monoisotopic (exact) mass is 418 g/mol. The summed E-state index contributed by atoms with van der Waals surface area (Å²) in [5, 5.41) is 11.3. The van der Waals surface area contributed by atoms with Gasteiger partial charge in [-0.2, -0.15) is 0 Å². The maximum Gasteiger partial charge on any atom is 0.340 e. The van der Waals surface area contributed by atoms with Gasteiger partial charge in [0.25, 0.3) is 5.69 Å². The number of carbonyl (C=O) groups excluding carboxylic acids is 1. The van der Waals surface area contributed by atoms with Gasteiger partial charge in [0.15, 0.2) is 0 Å². The molecule has 0 bridgehead atoms. The predicted molar refractivity (Wildman–Crippen MR) is 96.8 cm³/mol. The number of hydrogen-bond donors (Lipinski definition) is 1. The fourth-order valence-electron chi connectivity index (χ4n) is 2.39. The van der Waals surface area contributed by atoms with Gasteiger partial charge in [-0.1, -0.05) is 15.9 Å². The maximum absolute atomic E-state index is 12.2. The highest BCUT2D eigenvalue weighted by Crippen LogP contribution is 2.24. The van der Waals surface area contributed by atoms with Crippen LogP contribution in [0.1, 0.15) is 15.9 Å². The number of nitro benzene ring substituents is 1. The lowest BCUT2D eigenvalue weighted by molar-refractivity contribution is -0.384. The van der Waals surface area contributed by atoms with Gasteiger partial charge in [-0.05, 0) is 24.3 Å². The molecule has 0 atom stereocenters. The third kappa shape index (κ3) is 3.57. The number of rotatable bonds is 4. The second-order valence-corrected chi connectivity index (χ2v) is 6.25. The van der Waals surface area contributed by atoms with Crippen LogP contribution >= 0.6 is 15.9 Å². The Kier molecular flexibility index (Phi) is 4.72. The third-order valence-electron chi connectivity index (χ3n) is 3.62.